The van der Waals surface area contributed by atoms with Gasteiger partial charge in [0.15, 0.2) is 5.13 Å². The van der Waals surface area contributed by atoms with E-state index >= 15 is 0 Å². The Morgan fingerprint density at radius 1 is 1.42 bits per heavy atom. The molecule has 0 radical (unpaired) electrons. The fourth-order valence-corrected chi connectivity index (χ4v) is 2.34. The maximum Gasteiger partial charge on any atom is 0.347 e. The number of benzene rings is 1. The van der Waals surface area contributed by atoms with Crippen molar-refractivity contribution in [3.8, 4) is 11.5 Å². The summed E-state index contributed by atoms with van der Waals surface area (Å²) in [6, 6.07) is 4.29. The minimum Gasteiger partial charge on any atom is -0.508 e. The Balaban J connectivity index is 2.10. The maximum absolute atomic E-state index is 10.9. The first kappa shape index (κ1) is 13.2. The second kappa shape index (κ2) is 5.15. The third-order valence-corrected chi connectivity index (χ3v) is 3.59. The summed E-state index contributed by atoms with van der Waals surface area (Å²) in [5, 5.41) is 31.1. The van der Waals surface area contributed by atoms with E-state index in [-0.39, 0.29) is 22.9 Å². The van der Waals surface area contributed by atoms with Gasteiger partial charge in [0, 0.05) is 18.2 Å². The third-order valence-electron chi connectivity index (χ3n) is 2.49. The van der Waals surface area contributed by atoms with E-state index in [1.807, 2.05) is 0 Å². The molecule has 4 N–H and O–H groups in total. The van der Waals surface area contributed by atoms with Crippen molar-refractivity contribution in [1.82, 2.24) is 4.98 Å². The van der Waals surface area contributed by atoms with Crippen molar-refractivity contribution in [2.45, 2.75) is 13.5 Å². The highest BCUT2D eigenvalue weighted by Crippen LogP contribution is 2.26. The highest BCUT2D eigenvalue weighted by molar-refractivity contribution is 7.17. The number of nitrogens with zero attached hydrogens (tertiary/aromatic N) is 1. The van der Waals surface area contributed by atoms with Gasteiger partial charge in [-0.15, -0.1) is 0 Å². The Labute approximate surface area is 113 Å². The summed E-state index contributed by atoms with van der Waals surface area (Å²) in [5.41, 5.74) is 1.04. The van der Waals surface area contributed by atoms with E-state index < -0.39 is 5.97 Å². The zero-order chi connectivity index (χ0) is 14.0. The van der Waals surface area contributed by atoms with Gasteiger partial charge in [0.25, 0.3) is 0 Å². The van der Waals surface area contributed by atoms with Crippen LogP contribution in [0.4, 0.5) is 5.13 Å². The monoisotopic (exact) mass is 280 g/mol. The van der Waals surface area contributed by atoms with Crippen molar-refractivity contribution in [3.63, 3.8) is 0 Å². The molecule has 0 spiro atoms. The van der Waals surface area contributed by atoms with E-state index in [0.717, 1.165) is 11.3 Å². The molecule has 6 nitrogen and oxygen atoms in total. The van der Waals surface area contributed by atoms with Crippen molar-refractivity contribution >= 4 is 22.4 Å². The molecule has 7 heteroatoms. The lowest BCUT2D eigenvalue weighted by atomic mass is 10.2. The van der Waals surface area contributed by atoms with Crippen LogP contribution in [0.2, 0.25) is 0 Å². The van der Waals surface area contributed by atoms with E-state index in [0.29, 0.717) is 16.4 Å². The lowest BCUT2D eigenvalue weighted by Gasteiger charge is -2.05. The van der Waals surface area contributed by atoms with Gasteiger partial charge in [0.05, 0.1) is 5.69 Å². The number of carbonyl (C=O) groups is 1. The molecule has 0 aliphatic heterocycles. The van der Waals surface area contributed by atoms with Crippen LogP contribution in [0.1, 0.15) is 20.9 Å². The van der Waals surface area contributed by atoms with Gasteiger partial charge in [-0.25, -0.2) is 9.78 Å². The number of rotatable bonds is 4. The minimum atomic E-state index is -1.00. The molecule has 100 valence electrons. The predicted octanol–water partition coefficient (Wildman–Crippen LogP) is 2.17. The van der Waals surface area contributed by atoms with Crippen LogP contribution in [0.15, 0.2) is 18.2 Å². The number of aryl methyl sites for hydroxylation is 1. The van der Waals surface area contributed by atoms with Gasteiger partial charge < -0.3 is 20.6 Å². The zero-order valence-corrected chi connectivity index (χ0v) is 10.9. The number of phenolic OH excluding ortho intramolecular Hbond substituents is 2. The Morgan fingerprint density at radius 3 is 2.74 bits per heavy atom. The molecule has 0 fully saturated rings. The molecule has 1 heterocycles. The minimum absolute atomic E-state index is 0.0143. The average molecular weight is 280 g/mol. The van der Waals surface area contributed by atoms with Gasteiger partial charge in [-0.1, -0.05) is 11.3 Å². The van der Waals surface area contributed by atoms with Crippen LogP contribution < -0.4 is 5.32 Å². The van der Waals surface area contributed by atoms with Crippen LogP contribution in [-0.4, -0.2) is 26.3 Å². The Hall–Kier alpha value is -2.28. The van der Waals surface area contributed by atoms with Gasteiger partial charge in [0.2, 0.25) is 0 Å². The van der Waals surface area contributed by atoms with Crippen LogP contribution in [0, 0.1) is 6.92 Å². The molecule has 1 aromatic carbocycles. The number of aromatic carboxylic acids is 1. The topological polar surface area (TPSA) is 103 Å². The number of phenols is 2. The predicted molar refractivity (Wildman–Crippen MR) is 70.9 cm³/mol. The highest BCUT2D eigenvalue weighted by atomic mass is 32.1. The molecule has 0 bridgehead atoms. The van der Waals surface area contributed by atoms with Crippen LogP contribution in [0.5, 0.6) is 11.5 Å². The van der Waals surface area contributed by atoms with Crippen LogP contribution in [0.25, 0.3) is 0 Å². The first-order valence-electron chi connectivity index (χ1n) is 5.43. The summed E-state index contributed by atoms with van der Waals surface area (Å²) in [6.07, 6.45) is 0. The number of anilines is 1. The zero-order valence-electron chi connectivity index (χ0n) is 10.0. The van der Waals surface area contributed by atoms with E-state index in [1.54, 1.807) is 13.0 Å². The van der Waals surface area contributed by atoms with Crippen molar-refractivity contribution in [2.75, 3.05) is 5.32 Å². The SMILES string of the molecule is Cc1nc(NCc2ccc(O)cc2O)sc1C(=O)O. The van der Waals surface area contributed by atoms with Crippen LogP contribution in [-0.2, 0) is 6.54 Å². The number of hydrogen-bond acceptors (Lipinski definition) is 6. The van der Waals surface area contributed by atoms with Gasteiger partial charge in [-0.05, 0) is 19.1 Å². The van der Waals surface area contributed by atoms with Crippen LogP contribution >= 0.6 is 11.3 Å². The Morgan fingerprint density at radius 2 is 2.16 bits per heavy atom. The molecular formula is C12H12N2O4S. The fourth-order valence-electron chi connectivity index (χ4n) is 1.54. The van der Waals surface area contributed by atoms with E-state index in [2.05, 4.69) is 10.3 Å². The number of hydrogen-bond donors (Lipinski definition) is 4. The largest absolute Gasteiger partial charge is 0.508 e. The molecule has 0 aliphatic carbocycles. The summed E-state index contributed by atoms with van der Waals surface area (Å²) in [6.45, 7) is 1.92. The first-order valence-corrected chi connectivity index (χ1v) is 6.24. The second-order valence-electron chi connectivity index (χ2n) is 3.91. The number of aromatic hydroxyl groups is 2. The number of aromatic nitrogens is 1. The molecule has 19 heavy (non-hydrogen) atoms. The van der Waals surface area contributed by atoms with Crippen molar-refractivity contribution in [2.24, 2.45) is 0 Å². The van der Waals surface area contributed by atoms with Gasteiger partial charge in [-0.2, -0.15) is 0 Å². The molecule has 1 aromatic heterocycles. The summed E-state index contributed by atoms with van der Waals surface area (Å²) >= 11 is 1.04. The lowest BCUT2D eigenvalue weighted by molar-refractivity contribution is 0.0701. The molecule has 0 aliphatic rings. The molecular weight excluding hydrogens is 268 g/mol. The van der Waals surface area contributed by atoms with Gasteiger partial charge in [0.1, 0.15) is 16.4 Å². The summed E-state index contributed by atoms with van der Waals surface area (Å²) in [7, 11) is 0. The quantitative estimate of drug-likeness (QED) is 0.684. The van der Waals surface area contributed by atoms with Crippen molar-refractivity contribution in [3.05, 3.63) is 34.3 Å². The highest BCUT2D eigenvalue weighted by Gasteiger charge is 2.14. The van der Waals surface area contributed by atoms with Crippen molar-refractivity contribution in [1.29, 1.82) is 0 Å². The molecule has 0 saturated heterocycles. The van der Waals surface area contributed by atoms with E-state index in [4.69, 9.17) is 10.2 Å². The van der Waals surface area contributed by atoms with Crippen LogP contribution in [0.3, 0.4) is 0 Å². The number of carboxylic acid groups (broad SMARTS) is 1. The number of carboxylic acids is 1. The van der Waals surface area contributed by atoms with Gasteiger partial charge in [-0.3, -0.25) is 0 Å². The smallest absolute Gasteiger partial charge is 0.347 e. The van der Waals surface area contributed by atoms with Gasteiger partial charge >= 0.3 is 5.97 Å². The lowest BCUT2D eigenvalue weighted by Crippen LogP contribution is -1.99. The summed E-state index contributed by atoms with van der Waals surface area (Å²) in [4.78, 5) is 15.2. The normalized spacial score (nSPS) is 10.4. The standard InChI is InChI=1S/C12H12N2O4S/c1-6-10(11(17)18)19-12(14-6)13-5-7-2-3-8(15)4-9(7)16/h2-4,15-16H,5H2,1H3,(H,13,14)(H,17,18). The fraction of sp³-hybridized carbons (Fsp3) is 0.167. The third kappa shape index (κ3) is 2.94. The first-order chi connectivity index (χ1) is 8.97. The van der Waals surface area contributed by atoms with Crippen molar-refractivity contribution < 1.29 is 20.1 Å². The molecule has 0 saturated carbocycles. The molecule has 0 atom stereocenters. The van der Waals surface area contributed by atoms with E-state index in [1.165, 1.54) is 12.1 Å². The summed E-state index contributed by atoms with van der Waals surface area (Å²) in [5.74, 6) is -1.05. The second-order valence-corrected chi connectivity index (χ2v) is 4.90. The molecule has 0 unspecified atom stereocenters. The number of nitrogens with one attached hydrogen (secondary N) is 1. The molecule has 2 rings (SSSR count). The Bertz CT molecular complexity index is 624. The van der Waals surface area contributed by atoms with E-state index in [9.17, 15) is 9.90 Å². The average Bonchev–Trinajstić information content (AvgIpc) is 2.69. The molecule has 2 aromatic rings. The molecule has 0 amide bonds. The Kier molecular flexibility index (Phi) is 3.57. The number of thiazole rings is 1. The summed E-state index contributed by atoms with van der Waals surface area (Å²) < 4.78 is 0. The maximum atomic E-state index is 10.9.